The zero-order valence-electron chi connectivity index (χ0n) is 12.0. The molecule has 0 aromatic heterocycles. The highest BCUT2D eigenvalue weighted by molar-refractivity contribution is 6.19. The Morgan fingerprint density at radius 1 is 1.14 bits per heavy atom. The monoisotopic (exact) mass is 208 g/mol. The van der Waals surface area contributed by atoms with Crippen LogP contribution in [0.5, 0.6) is 0 Å². The molecule has 0 saturated carbocycles. The zero-order chi connectivity index (χ0) is 13.0. The van der Waals surface area contributed by atoms with Gasteiger partial charge in [-0.3, -0.25) is 0 Å². The molecule has 0 aromatic carbocycles. The topological polar surface area (TPSA) is 36.9 Å². The zero-order valence-corrected chi connectivity index (χ0v) is 10.0. The Labute approximate surface area is 90.6 Å². The van der Waals surface area contributed by atoms with E-state index in [0.29, 0.717) is 0 Å². The van der Waals surface area contributed by atoms with Gasteiger partial charge in [0, 0.05) is 11.2 Å². The van der Waals surface area contributed by atoms with E-state index in [1.54, 1.807) is 0 Å². The van der Waals surface area contributed by atoms with Crippen molar-refractivity contribution < 1.29 is 18.6 Å². The van der Waals surface area contributed by atoms with Crippen molar-refractivity contribution in [1.82, 2.24) is 0 Å². The van der Waals surface area contributed by atoms with E-state index in [4.69, 9.17) is 12.0 Å². The molecule has 0 N–H and O–H groups in total. The summed E-state index contributed by atoms with van der Waals surface area (Å²) < 4.78 is 33.4. The van der Waals surface area contributed by atoms with E-state index >= 15 is 0 Å². The Morgan fingerprint density at radius 2 is 1.50 bits per heavy atom. The molecule has 0 aliphatic carbocycles. The van der Waals surface area contributed by atoms with Gasteiger partial charge in [-0.1, -0.05) is 0 Å². The van der Waals surface area contributed by atoms with Crippen molar-refractivity contribution in [1.29, 1.82) is 2.67 Å². The predicted octanol–water partition coefficient (Wildman–Crippen LogP) is -0.133. The number of hydrogen-bond donors (Lipinski definition) is 0. The van der Waals surface area contributed by atoms with Gasteiger partial charge in [0.2, 0.25) is 15.3 Å². The average Bonchev–Trinajstić information content (AvgIpc) is 2.33. The Kier molecular flexibility index (Phi) is 4.31. The molecular formula is C8H22B2O4-2. The summed E-state index contributed by atoms with van der Waals surface area (Å²) in [5.41, 5.74) is -0.622. The Balaban J connectivity index is 0.000000325. The molecule has 0 amide bonds. The predicted molar refractivity (Wildman–Crippen MR) is 61.4 cm³/mol. The van der Waals surface area contributed by atoms with Crippen LogP contribution in [0.15, 0.2) is 0 Å². The first-order valence-electron chi connectivity index (χ1n) is 6.04. The van der Waals surface area contributed by atoms with Crippen LogP contribution in [0.25, 0.3) is 0 Å². The lowest BCUT2D eigenvalue weighted by Crippen LogP contribution is -2.41. The summed E-state index contributed by atoms with van der Waals surface area (Å²) in [5, 5.41) is 0. The van der Waals surface area contributed by atoms with Gasteiger partial charge in [0.05, 0.1) is 0 Å². The fourth-order valence-corrected chi connectivity index (χ4v) is 0.790. The molecule has 0 unspecified atom stereocenters. The first-order chi connectivity index (χ1) is 7.16. The van der Waals surface area contributed by atoms with E-state index in [1.165, 1.54) is 14.2 Å². The second kappa shape index (κ2) is 5.75. The van der Waals surface area contributed by atoms with Crippen LogP contribution in [0.4, 0.5) is 0 Å². The molecule has 1 aliphatic rings. The third-order valence-corrected chi connectivity index (χ3v) is 2.53. The molecule has 1 aliphatic heterocycles. The van der Waals surface area contributed by atoms with Crippen LogP contribution < -0.4 is 0 Å². The second-order valence-electron chi connectivity index (χ2n) is 4.12. The lowest BCUT2D eigenvalue weighted by molar-refractivity contribution is 0.00578. The Bertz CT molecular complexity index is 196. The Hall–Kier alpha value is -0.0301. The minimum absolute atomic E-state index is 0.311. The molecule has 1 rings (SSSR count). The SMILES string of the molecule is [3H][BH-](OC)OC.[3H][BH-]1OC(C)(C)C(C)(C)O1. The van der Waals surface area contributed by atoms with Gasteiger partial charge in [0.15, 0.2) is 0 Å². The molecule has 0 radical (unpaired) electrons. The number of rotatable bonds is 2. The highest BCUT2D eigenvalue weighted by Crippen LogP contribution is 2.33. The van der Waals surface area contributed by atoms with Crippen LogP contribution in [0, 0.1) is 0 Å². The molecule has 14 heavy (non-hydrogen) atoms. The molecule has 0 atom stereocenters. The van der Waals surface area contributed by atoms with Crippen LogP contribution in [0.2, 0.25) is 0 Å². The first kappa shape index (κ1) is 10.5. The summed E-state index contributed by atoms with van der Waals surface area (Å²) in [6.07, 6.45) is 0. The van der Waals surface area contributed by atoms with Gasteiger partial charge in [-0.25, -0.2) is 0 Å². The lowest BCUT2D eigenvalue weighted by atomic mass is 9.90. The summed E-state index contributed by atoms with van der Waals surface area (Å²) >= 11 is 0. The van der Waals surface area contributed by atoms with Gasteiger partial charge < -0.3 is 18.6 Å². The molecule has 6 heteroatoms. The van der Waals surface area contributed by atoms with E-state index in [2.05, 4.69) is 9.31 Å². The maximum absolute atomic E-state index is 7.28. The molecule has 4 nitrogen and oxygen atoms in total. The Morgan fingerprint density at radius 3 is 1.57 bits per heavy atom. The van der Waals surface area contributed by atoms with Crippen molar-refractivity contribution in [2.45, 2.75) is 38.9 Å². The summed E-state index contributed by atoms with van der Waals surface area (Å²) in [4.78, 5) is 0. The minimum atomic E-state index is -1.56. The van der Waals surface area contributed by atoms with Crippen LogP contribution in [-0.4, -0.2) is 43.4 Å². The smallest absolute Gasteiger partial charge is 0.211 e. The molecular weight excluding hydrogens is 182 g/mol. The first-order valence-corrected chi connectivity index (χ1v) is 4.63. The molecule has 86 valence electrons. The van der Waals surface area contributed by atoms with E-state index in [0.717, 1.165) is 0 Å². The van der Waals surface area contributed by atoms with Crippen molar-refractivity contribution >= 4 is 15.3 Å². The summed E-state index contributed by atoms with van der Waals surface area (Å²) in [6.45, 7) is 7.81. The average molecular weight is 208 g/mol. The molecule has 0 aromatic rings. The van der Waals surface area contributed by atoms with Crippen molar-refractivity contribution in [2.75, 3.05) is 14.2 Å². The van der Waals surface area contributed by atoms with E-state index in [1.807, 2.05) is 27.7 Å². The van der Waals surface area contributed by atoms with Crippen molar-refractivity contribution in [2.24, 2.45) is 0 Å². The fourth-order valence-electron chi connectivity index (χ4n) is 0.790. The van der Waals surface area contributed by atoms with Crippen LogP contribution >= 0.6 is 0 Å². The molecule has 1 saturated heterocycles. The third kappa shape index (κ3) is 4.00. The highest BCUT2D eigenvalue weighted by Gasteiger charge is 2.38. The molecule has 1 heterocycles. The minimum Gasteiger partial charge on any atom is -0.575 e. The quantitative estimate of drug-likeness (QED) is 0.592. The summed E-state index contributed by atoms with van der Waals surface area (Å²) in [7, 11) is -0.118. The van der Waals surface area contributed by atoms with Crippen molar-refractivity contribution in [3.63, 3.8) is 0 Å². The maximum atomic E-state index is 7.28. The standard InChI is InChI=1S/C6H14BO2.C2H8BO2/c1-5(2)6(3,4)9-7-8-5;1-4-3-5-2/h7H2,1-4H3;3H2,1-2H3/q2*-1/i7T;3T. The molecule has 0 spiro atoms. The molecule has 1 fully saturated rings. The third-order valence-electron chi connectivity index (χ3n) is 2.53. The second-order valence-corrected chi connectivity index (χ2v) is 4.12. The van der Waals surface area contributed by atoms with Gasteiger partial charge in [0.1, 0.15) is 0 Å². The van der Waals surface area contributed by atoms with Crippen LogP contribution in [-0.2, 0) is 18.6 Å². The van der Waals surface area contributed by atoms with Gasteiger partial charge in [0.25, 0.3) is 0 Å². The van der Waals surface area contributed by atoms with Gasteiger partial charge in [-0.2, -0.15) is 2.67 Å². The van der Waals surface area contributed by atoms with Crippen molar-refractivity contribution in [3.8, 4) is 0 Å². The highest BCUT2D eigenvalue weighted by atomic mass is 16.7. The fraction of sp³-hybridized carbons (Fsp3) is 1.00. The summed E-state index contributed by atoms with van der Waals surface area (Å²) in [6, 6.07) is 0. The maximum Gasteiger partial charge on any atom is 0.211 e. The van der Waals surface area contributed by atoms with E-state index in [-0.39, 0.29) is 11.2 Å². The lowest BCUT2D eigenvalue weighted by Gasteiger charge is -2.37. The normalized spacial score (nSPS) is 26.5. The van der Waals surface area contributed by atoms with Crippen LogP contribution in [0.3, 0.4) is 0 Å². The largest absolute Gasteiger partial charge is 0.575 e. The molecule has 0 bridgehead atoms. The van der Waals surface area contributed by atoms with Gasteiger partial charge >= 0.3 is 0 Å². The van der Waals surface area contributed by atoms with E-state index in [9.17, 15) is 0 Å². The number of hydrogen-bond acceptors (Lipinski definition) is 4. The van der Waals surface area contributed by atoms with E-state index < -0.39 is 15.3 Å². The summed E-state index contributed by atoms with van der Waals surface area (Å²) in [5.74, 6) is 0. The van der Waals surface area contributed by atoms with Gasteiger partial charge in [-0.05, 0) is 41.9 Å². The van der Waals surface area contributed by atoms with Crippen molar-refractivity contribution in [3.05, 3.63) is 0 Å². The van der Waals surface area contributed by atoms with Crippen LogP contribution in [0.1, 0.15) is 27.7 Å². The van der Waals surface area contributed by atoms with Gasteiger partial charge in [-0.15, -0.1) is 0 Å².